The zero-order valence-corrected chi connectivity index (χ0v) is 27.0. The molecule has 7 aromatic carbocycles. The van der Waals surface area contributed by atoms with Crippen LogP contribution in [-0.2, 0) is 0 Å². The molecule has 0 N–H and O–H groups in total. The first-order chi connectivity index (χ1) is 24.8. The van der Waals surface area contributed by atoms with Crippen molar-refractivity contribution in [3.8, 4) is 45.5 Å². The van der Waals surface area contributed by atoms with E-state index in [9.17, 15) is 0 Å². The first-order valence-electron chi connectivity index (χ1n) is 16.8. The summed E-state index contributed by atoms with van der Waals surface area (Å²) >= 11 is 0. The van der Waals surface area contributed by atoms with Gasteiger partial charge in [0.25, 0.3) is 0 Å². The molecule has 0 bridgehead atoms. The van der Waals surface area contributed by atoms with Crippen LogP contribution in [0.2, 0.25) is 0 Å². The van der Waals surface area contributed by atoms with Crippen molar-refractivity contribution in [1.82, 2.24) is 24.1 Å². The zero-order chi connectivity index (χ0) is 33.0. The Kier molecular flexibility index (Phi) is 6.42. The molecule has 0 unspecified atom stereocenters. The molecule has 0 atom stereocenters. The molecule has 0 saturated carbocycles. The summed E-state index contributed by atoms with van der Waals surface area (Å²) < 4.78 is 4.65. The van der Waals surface area contributed by atoms with E-state index in [-0.39, 0.29) is 0 Å². The second-order valence-electron chi connectivity index (χ2n) is 12.5. The van der Waals surface area contributed by atoms with Gasteiger partial charge in [0.15, 0.2) is 11.6 Å². The van der Waals surface area contributed by atoms with E-state index in [0.717, 1.165) is 49.7 Å². The summed E-state index contributed by atoms with van der Waals surface area (Å²) in [7, 11) is 0. The molecule has 0 radical (unpaired) electrons. The monoisotopic (exact) mass is 639 g/mol. The second-order valence-corrected chi connectivity index (χ2v) is 12.5. The fourth-order valence-corrected chi connectivity index (χ4v) is 7.40. The van der Waals surface area contributed by atoms with Crippen LogP contribution in [0.4, 0.5) is 0 Å². The first kappa shape index (κ1) is 28.2. The third-order valence-electron chi connectivity index (χ3n) is 9.59. The van der Waals surface area contributed by atoms with Crippen molar-refractivity contribution in [3.05, 3.63) is 176 Å². The molecule has 0 spiro atoms. The van der Waals surface area contributed by atoms with E-state index in [0.29, 0.717) is 17.6 Å². The average Bonchev–Trinajstić information content (AvgIpc) is 3.72. The number of fused-ring (bicyclic) bond motifs is 7. The highest BCUT2D eigenvalue weighted by Gasteiger charge is 2.23. The summed E-state index contributed by atoms with van der Waals surface area (Å²) in [5.74, 6) is 1.84. The summed E-state index contributed by atoms with van der Waals surface area (Å²) in [5, 5.41) is 4.70. The Bertz CT molecular complexity index is 2800. The highest BCUT2D eigenvalue weighted by atomic mass is 15.2. The smallest absolute Gasteiger partial charge is 0.238 e. The van der Waals surface area contributed by atoms with Gasteiger partial charge in [-0.05, 0) is 29.8 Å². The molecule has 10 rings (SSSR count). The van der Waals surface area contributed by atoms with Crippen LogP contribution < -0.4 is 0 Å². The van der Waals surface area contributed by atoms with Crippen molar-refractivity contribution >= 4 is 43.6 Å². The molecular weight excluding hydrogens is 611 g/mol. The fraction of sp³-hybridized carbons (Fsp3) is 0. The maximum Gasteiger partial charge on any atom is 0.238 e. The van der Waals surface area contributed by atoms with E-state index in [4.69, 9.17) is 15.0 Å². The molecule has 0 saturated heterocycles. The van der Waals surface area contributed by atoms with Crippen LogP contribution in [0.15, 0.2) is 176 Å². The first-order valence-corrected chi connectivity index (χ1v) is 16.8. The lowest BCUT2D eigenvalue weighted by atomic mass is 10.0. The van der Waals surface area contributed by atoms with Crippen LogP contribution in [0.1, 0.15) is 0 Å². The van der Waals surface area contributed by atoms with Crippen LogP contribution in [0, 0.1) is 0 Å². The lowest BCUT2D eigenvalue weighted by Crippen LogP contribution is -2.06. The van der Waals surface area contributed by atoms with Gasteiger partial charge in [0.2, 0.25) is 5.95 Å². The summed E-state index contributed by atoms with van der Waals surface area (Å²) in [4.78, 5) is 15.3. The molecule has 234 valence electrons. The predicted octanol–water partition coefficient (Wildman–Crippen LogP) is 11.1. The van der Waals surface area contributed by atoms with Crippen LogP contribution in [0.3, 0.4) is 0 Å². The Morgan fingerprint density at radius 2 is 0.860 bits per heavy atom. The van der Waals surface area contributed by atoms with E-state index in [2.05, 4.69) is 124 Å². The molecule has 3 heterocycles. The van der Waals surface area contributed by atoms with Gasteiger partial charge >= 0.3 is 0 Å². The number of rotatable bonds is 5. The van der Waals surface area contributed by atoms with Crippen LogP contribution >= 0.6 is 0 Å². The average molecular weight is 640 g/mol. The number of hydrogen-bond donors (Lipinski definition) is 0. The van der Waals surface area contributed by atoms with Gasteiger partial charge in [-0.3, -0.25) is 4.57 Å². The number of benzene rings is 7. The summed E-state index contributed by atoms with van der Waals surface area (Å²) in [6.45, 7) is 0. The molecule has 5 heteroatoms. The molecule has 10 aromatic rings. The van der Waals surface area contributed by atoms with E-state index in [1.54, 1.807) is 0 Å². The minimum Gasteiger partial charge on any atom is -0.308 e. The molecule has 0 fully saturated rings. The van der Waals surface area contributed by atoms with Gasteiger partial charge in [-0.2, -0.15) is 9.97 Å². The molecular formula is C45H29N5. The largest absolute Gasteiger partial charge is 0.308 e. The highest BCUT2D eigenvalue weighted by Crippen LogP contribution is 2.43. The van der Waals surface area contributed by atoms with Crippen molar-refractivity contribution in [2.75, 3.05) is 0 Å². The van der Waals surface area contributed by atoms with Gasteiger partial charge in [0, 0.05) is 38.2 Å². The second kappa shape index (κ2) is 11.4. The minimum absolute atomic E-state index is 0.579. The number of para-hydroxylation sites is 3. The maximum absolute atomic E-state index is 5.16. The fourth-order valence-electron chi connectivity index (χ4n) is 7.40. The van der Waals surface area contributed by atoms with Crippen LogP contribution in [0.5, 0.6) is 0 Å². The van der Waals surface area contributed by atoms with Crippen molar-refractivity contribution in [3.63, 3.8) is 0 Å². The van der Waals surface area contributed by atoms with Crippen LogP contribution in [0.25, 0.3) is 89.2 Å². The molecule has 0 aliphatic rings. The van der Waals surface area contributed by atoms with Gasteiger partial charge in [0.05, 0.1) is 27.8 Å². The topological polar surface area (TPSA) is 48.5 Å². The van der Waals surface area contributed by atoms with E-state index < -0.39 is 0 Å². The zero-order valence-electron chi connectivity index (χ0n) is 27.0. The standard InChI is InChI=1S/C45H29N5/c1-4-16-30(17-5-1)33-22-10-13-25-37(33)49-38-26-14-11-23-34(38)35-28-29-40-41(42(35)49)36-24-12-15-27-39(36)50(40)45-47-43(31-18-6-2-7-19-31)46-44(48-45)32-20-8-3-9-21-32/h1-29H. The third-order valence-corrected chi connectivity index (χ3v) is 9.59. The van der Waals surface area contributed by atoms with E-state index in [1.807, 2.05) is 60.7 Å². The maximum atomic E-state index is 5.16. The normalized spacial score (nSPS) is 11.6. The Labute approximate surface area is 288 Å². The number of nitrogens with zero attached hydrogens (tertiary/aromatic N) is 5. The van der Waals surface area contributed by atoms with Gasteiger partial charge < -0.3 is 4.57 Å². The Balaban J connectivity index is 1.34. The molecule has 0 aliphatic heterocycles. The van der Waals surface area contributed by atoms with Crippen molar-refractivity contribution in [2.24, 2.45) is 0 Å². The van der Waals surface area contributed by atoms with Gasteiger partial charge in [0.1, 0.15) is 0 Å². The van der Waals surface area contributed by atoms with Crippen molar-refractivity contribution in [1.29, 1.82) is 0 Å². The Morgan fingerprint density at radius 3 is 1.52 bits per heavy atom. The lowest BCUT2D eigenvalue weighted by Gasteiger charge is -2.15. The van der Waals surface area contributed by atoms with Crippen molar-refractivity contribution < 1.29 is 0 Å². The SMILES string of the molecule is c1ccc(-c2nc(-c3ccccc3)nc(-n3c4ccccc4c4c3ccc3c5ccccc5n(-c5ccccc5-c5ccccc5)c34)n2)cc1. The summed E-state index contributed by atoms with van der Waals surface area (Å²) in [6.07, 6.45) is 0. The molecule has 0 aliphatic carbocycles. The van der Waals surface area contributed by atoms with E-state index in [1.165, 1.54) is 21.9 Å². The van der Waals surface area contributed by atoms with Gasteiger partial charge in [-0.25, -0.2) is 4.98 Å². The molecule has 5 nitrogen and oxygen atoms in total. The highest BCUT2D eigenvalue weighted by molar-refractivity contribution is 6.26. The van der Waals surface area contributed by atoms with E-state index >= 15 is 0 Å². The summed E-state index contributed by atoms with van der Waals surface area (Å²) in [6, 6.07) is 61.4. The minimum atomic E-state index is 0.579. The number of hydrogen-bond acceptors (Lipinski definition) is 3. The van der Waals surface area contributed by atoms with Gasteiger partial charge in [-0.1, -0.05) is 152 Å². The quantitative estimate of drug-likeness (QED) is 0.188. The molecule has 3 aromatic heterocycles. The number of aromatic nitrogens is 5. The Morgan fingerprint density at radius 1 is 0.340 bits per heavy atom. The van der Waals surface area contributed by atoms with Crippen molar-refractivity contribution in [2.45, 2.75) is 0 Å². The lowest BCUT2D eigenvalue weighted by molar-refractivity contribution is 0.953. The molecule has 50 heavy (non-hydrogen) atoms. The third kappa shape index (κ3) is 4.37. The summed E-state index contributed by atoms with van der Waals surface area (Å²) in [5.41, 5.74) is 9.74. The van der Waals surface area contributed by atoms with Gasteiger partial charge in [-0.15, -0.1) is 0 Å². The predicted molar refractivity (Wildman–Crippen MR) is 205 cm³/mol. The van der Waals surface area contributed by atoms with Crippen LogP contribution in [-0.4, -0.2) is 24.1 Å². The Hall–Kier alpha value is -6.85. The molecule has 0 amide bonds.